The van der Waals surface area contributed by atoms with Crippen molar-refractivity contribution in [1.82, 2.24) is 24.7 Å². The highest BCUT2D eigenvalue weighted by atomic mass is 35.5. The number of ether oxygens (including phenoxy) is 2. The summed E-state index contributed by atoms with van der Waals surface area (Å²) in [5.74, 6) is 0.995. The molecule has 176 valence electrons. The summed E-state index contributed by atoms with van der Waals surface area (Å²) < 4.78 is 27.8. The number of hydrogen-bond acceptors (Lipinski definition) is 7. The fourth-order valence-corrected chi connectivity index (χ4v) is 4.35. The molecule has 0 fully saturated rings. The van der Waals surface area contributed by atoms with E-state index in [9.17, 15) is 9.18 Å². The number of rotatable bonds is 4. The van der Waals surface area contributed by atoms with Gasteiger partial charge in [-0.2, -0.15) is 10.1 Å². The number of nitrogens with one attached hydrogen (secondary N) is 1. The lowest BCUT2D eigenvalue weighted by molar-refractivity contribution is 0.0958. The van der Waals surface area contributed by atoms with E-state index in [2.05, 4.69) is 20.2 Å². The van der Waals surface area contributed by atoms with Crippen molar-refractivity contribution in [1.29, 1.82) is 0 Å². The highest BCUT2D eigenvalue weighted by Crippen LogP contribution is 2.34. The quantitative estimate of drug-likeness (QED) is 0.408. The van der Waals surface area contributed by atoms with E-state index in [1.54, 1.807) is 41.4 Å². The number of benzene rings is 2. The Kier molecular flexibility index (Phi) is 5.03. The molecule has 0 aliphatic carbocycles. The number of likely N-dealkylation sites (N-methyl/N-ethyl adjacent to an activating group) is 1. The SMILES string of the molecule is CN(C[C@H]1COc2cc(Cl)ccc2O1)c1ncc2c3[nH]ncc3c(=O)n(-c3ccccc3F)c2n1. The molecule has 1 aliphatic rings. The Morgan fingerprint density at radius 1 is 1.20 bits per heavy atom. The number of hydrogen-bond donors (Lipinski definition) is 1. The summed E-state index contributed by atoms with van der Waals surface area (Å²) in [6, 6.07) is 11.3. The van der Waals surface area contributed by atoms with Gasteiger partial charge in [0.05, 0.1) is 34.7 Å². The van der Waals surface area contributed by atoms with E-state index in [4.69, 9.17) is 21.1 Å². The first-order chi connectivity index (χ1) is 17.0. The highest BCUT2D eigenvalue weighted by molar-refractivity contribution is 6.30. The van der Waals surface area contributed by atoms with Crippen LogP contribution in [0.4, 0.5) is 10.3 Å². The van der Waals surface area contributed by atoms with Crippen LogP contribution in [-0.4, -0.2) is 51.0 Å². The average Bonchev–Trinajstić information content (AvgIpc) is 3.36. The summed E-state index contributed by atoms with van der Waals surface area (Å²) in [5.41, 5.74) is 0.413. The van der Waals surface area contributed by atoms with E-state index < -0.39 is 11.4 Å². The van der Waals surface area contributed by atoms with Gasteiger partial charge in [0.2, 0.25) is 5.95 Å². The number of pyridine rings is 1. The van der Waals surface area contributed by atoms with Crippen LogP contribution in [0.1, 0.15) is 0 Å². The van der Waals surface area contributed by atoms with Crippen LogP contribution in [-0.2, 0) is 0 Å². The monoisotopic (exact) mass is 492 g/mol. The number of nitrogens with zero attached hydrogens (tertiary/aromatic N) is 5. The third kappa shape index (κ3) is 3.62. The molecule has 5 aromatic rings. The maximum atomic E-state index is 14.7. The number of H-pyrrole nitrogens is 1. The van der Waals surface area contributed by atoms with Gasteiger partial charge in [-0.25, -0.2) is 9.37 Å². The van der Waals surface area contributed by atoms with Gasteiger partial charge in [0.1, 0.15) is 12.4 Å². The van der Waals surface area contributed by atoms with Gasteiger partial charge in [-0.05, 0) is 24.3 Å². The molecule has 0 amide bonds. The van der Waals surface area contributed by atoms with E-state index in [0.717, 1.165) is 0 Å². The molecule has 9 nitrogen and oxygen atoms in total. The predicted molar refractivity (Wildman–Crippen MR) is 129 cm³/mol. The van der Waals surface area contributed by atoms with Crippen LogP contribution >= 0.6 is 11.6 Å². The third-order valence-corrected chi connectivity index (χ3v) is 6.08. The van der Waals surface area contributed by atoms with Crippen LogP contribution in [0.2, 0.25) is 5.02 Å². The van der Waals surface area contributed by atoms with E-state index in [1.807, 2.05) is 7.05 Å². The van der Waals surface area contributed by atoms with Gasteiger partial charge in [0.25, 0.3) is 5.56 Å². The smallest absolute Gasteiger partial charge is 0.267 e. The van der Waals surface area contributed by atoms with Crippen LogP contribution < -0.4 is 19.9 Å². The fraction of sp³-hybridized carbons (Fsp3) is 0.167. The van der Waals surface area contributed by atoms with Crippen molar-refractivity contribution in [3.8, 4) is 17.2 Å². The van der Waals surface area contributed by atoms with Crippen molar-refractivity contribution in [2.75, 3.05) is 25.1 Å². The second-order valence-electron chi connectivity index (χ2n) is 8.18. The molecule has 2 aromatic carbocycles. The van der Waals surface area contributed by atoms with Gasteiger partial charge in [0, 0.05) is 24.3 Å². The maximum absolute atomic E-state index is 14.7. The van der Waals surface area contributed by atoms with E-state index in [0.29, 0.717) is 51.9 Å². The second kappa shape index (κ2) is 8.24. The Morgan fingerprint density at radius 3 is 2.91 bits per heavy atom. The molecule has 11 heteroatoms. The van der Waals surface area contributed by atoms with Gasteiger partial charge in [-0.15, -0.1) is 0 Å². The molecule has 0 bridgehead atoms. The zero-order valence-electron chi connectivity index (χ0n) is 18.4. The molecule has 1 atom stereocenters. The minimum atomic E-state index is -0.543. The van der Waals surface area contributed by atoms with Crippen LogP contribution in [0.5, 0.6) is 11.5 Å². The lowest BCUT2D eigenvalue weighted by Gasteiger charge is -2.29. The molecule has 0 unspecified atom stereocenters. The molecule has 3 aromatic heterocycles. The highest BCUT2D eigenvalue weighted by Gasteiger charge is 2.24. The Labute approximate surface area is 202 Å². The first-order valence-electron chi connectivity index (χ1n) is 10.8. The lowest BCUT2D eigenvalue weighted by Crippen LogP contribution is -2.40. The maximum Gasteiger partial charge on any atom is 0.267 e. The first-order valence-corrected chi connectivity index (χ1v) is 11.2. The van der Waals surface area contributed by atoms with Gasteiger partial charge < -0.3 is 14.4 Å². The molecule has 0 saturated heterocycles. The van der Waals surface area contributed by atoms with Gasteiger partial charge in [0.15, 0.2) is 23.3 Å². The molecule has 4 heterocycles. The Morgan fingerprint density at radius 2 is 2.06 bits per heavy atom. The lowest BCUT2D eigenvalue weighted by atomic mass is 10.2. The minimum absolute atomic E-state index is 0.0946. The van der Waals surface area contributed by atoms with Crippen LogP contribution in [0.3, 0.4) is 0 Å². The third-order valence-electron chi connectivity index (χ3n) is 5.85. The van der Waals surface area contributed by atoms with Gasteiger partial charge in [-0.3, -0.25) is 14.5 Å². The summed E-state index contributed by atoms with van der Waals surface area (Å²) in [6.07, 6.45) is 2.72. The zero-order valence-corrected chi connectivity index (χ0v) is 19.2. The van der Waals surface area contributed by atoms with E-state index in [1.165, 1.54) is 22.9 Å². The molecule has 0 saturated carbocycles. The van der Waals surface area contributed by atoms with Crippen LogP contribution in [0.15, 0.2) is 59.7 Å². The average molecular weight is 493 g/mol. The van der Waals surface area contributed by atoms with Crippen molar-refractivity contribution in [3.63, 3.8) is 0 Å². The van der Waals surface area contributed by atoms with Crippen molar-refractivity contribution in [2.24, 2.45) is 0 Å². The molecular formula is C24H18ClFN6O3. The zero-order chi connectivity index (χ0) is 24.1. The largest absolute Gasteiger partial charge is 0.486 e. The topological polar surface area (TPSA) is 98.2 Å². The number of fused-ring (bicyclic) bond motifs is 4. The summed E-state index contributed by atoms with van der Waals surface area (Å²) >= 11 is 6.02. The standard InChI is InChI=1S/C24H18ClFN6O3/c1-31(11-14-12-34-20-8-13(25)6-7-19(20)35-14)24-27-9-15-21-16(10-28-30-21)23(33)32(22(15)29-24)18-5-3-2-4-17(18)26/h2-10,14H,11-12H2,1H3,(H,28,30)/t14-/m0/s1. The van der Waals surface area contributed by atoms with Gasteiger partial charge >= 0.3 is 0 Å². The number of aromatic nitrogens is 5. The van der Waals surface area contributed by atoms with Crippen molar-refractivity contribution >= 4 is 39.5 Å². The first kappa shape index (κ1) is 21.4. The Bertz CT molecular complexity index is 1650. The summed E-state index contributed by atoms with van der Waals surface area (Å²) in [7, 11) is 1.81. The van der Waals surface area contributed by atoms with Gasteiger partial charge in [-0.1, -0.05) is 23.7 Å². The molecule has 6 rings (SSSR count). The van der Waals surface area contributed by atoms with E-state index >= 15 is 0 Å². The number of para-hydroxylation sites is 1. The fourth-order valence-electron chi connectivity index (χ4n) is 4.19. The number of aromatic amines is 1. The minimum Gasteiger partial charge on any atom is -0.486 e. The Balaban J connectivity index is 1.40. The molecular weight excluding hydrogens is 475 g/mol. The molecule has 1 N–H and O–H groups in total. The summed E-state index contributed by atoms with van der Waals surface area (Å²) in [6.45, 7) is 0.726. The molecule has 0 spiro atoms. The van der Waals surface area contributed by atoms with Crippen molar-refractivity contribution < 1.29 is 13.9 Å². The van der Waals surface area contributed by atoms with Crippen LogP contribution in [0.25, 0.3) is 27.6 Å². The van der Waals surface area contributed by atoms with Crippen molar-refractivity contribution in [2.45, 2.75) is 6.10 Å². The number of halogens is 2. The molecule has 1 aliphatic heterocycles. The second-order valence-corrected chi connectivity index (χ2v) is 8.62. The Hall–Kier alpha value is -4.18. The van der Waals surface area contributed by atoms with E-state index in [-0.39, 0.29) is 17.4 Å². The summed E-state index contributed by atoms with van der Waals surface area (Å²) in [4.78, 5) is 24.2. The molecule has 35 heavy (non-hydrogen) atoms. The number of anilines is 1. The molecule has 0 radical (unpaired) electrons. The predicted octanol–water partition coefficient (Wildman–Crippen LogP) is 3.73. The summed E-state index contributed by atoms with van der Waals surface area (Å²) in [5, 5.41) is 8.25. The van der Waals surface area contributed by atoms with Crippen molar-refractivity contribution in [3.05, 3.63) is 76.1 Å². The normalized spacial score (nSPS) is 15.0. The van der Waals surface area contributed by atoms with Crippen LogP contribution in [0, 0.1) is 5.82 Å².